The SMILES string of the molecule is CCCCCCCCCCCCCCCC/C=C\CCCCCCCCCCCCCCCCCCCC(=O)NC(CO)C(O)/C=C/CCCCCCCCCCCCCCCCCCCCCCCC. The highest BCUT2D eigenvalue weighted by molar-refractivity contribution is 5.76. The van der Waals surface area contributed by atoms with Crippen LogP contribution in [0.4, 0.5) is 0 Å². The molecule has 1 amide bonds. The Morgan fingerprint density at radius 1 is 0.324 bits per heavy atom. The topological polar surface area (TPSA) is 69.6 Å². The third-order valence-electron chi connectivity index (χ3n) is 15.7. The fourth-order valence-electron chi connectivity index (χ4n) is 10.7. The van der Waals surface area contributed by atoms with Crippen LogP contribution in [0.2, 0.25) is 0 Å². The summed E-state index contributed by atoms with van der Waals surface area (Å²) in [6, 6.07) is -0.621. The zero-order valence-corrected chi connectivity index (χ0v) is 48.8. The highest BCUT2D eigenvalue weighted by Gasteiger charge is 2.18. The largest absolute Gasteiger partial charge is 0.394 e. The van der Waals surface area contributed by atoms with Crippen molar-refractivity contribution in [2.75, 3.05) is 6.61 Å². The lowest BCUT2D eigenvalue weighted by Crippen LogP contribution is -2.45. The van der Waals surface area contributed by atoms with Gasteiger partial charge in [0.1, 0.15) is 0 Å². The molecule has 2 unspecified atom stereocenters. The first-order valence-corrected chi connectivity index (χ1v) is 33.1. The lowest BCUT2D eigenvalue weighted by molar-refractivity contribution is -0.123. The van der Waals surface area contributed by atoms with Gasteiger partial charge in [0.25, 0.3) is 0 Å². The van der Waals surface area contributed by atoms with Crippen molar-refractivity contribution in [3.05, 3.63) is 24.3 Å². The third kappa shape index (κ3) is 59.6. The molecule has 422 valence electrons. The Balaban J connectivity index is 3.41. The van der Waals surface area contributed by atoms with Gasteiger partial charge in [0, 0.05) is 6.42 Å². The first kappa shape index (κ1) is 69.9. The number of hydrogen-bond acceptors (Lipinski definition) is 3. The van der Waals surface area contributed by atoms with E-state index in [1.165, 1.54) is 334 Å². The highest BCUT2D eigenvalue weighted by Crippen LogP contribution is 2.19. The van der Waals surface area contributed by atoms with Crippen molar-refractivity contribution in [3.8, 4) is 0 Å². The van der Waals surface area contributed by atoms with Gasteiger partial charge in [-0.2, -0.15) is 0 Å². The molecule has 0 rings (SSSR count). The molecule has 0 heterocycles. The van der Waals surface area contributed by atoms with E-state index in [0.717, 1.165) is 25.7 Å². The molecule has 0 fully saturated rings. The van der Waals surface area contributed by atoms with Crippen molar-refractivity contribution in [1.29, 1.82) is 0 Å². The van der Waals surface area contributed by atoms with E-state index in [2.05, 4.69) is 31.3 Å². The van der Waals surface area contributed by atoms with E-state index in [1.54, 1.807) is 6.08 Å². The van der Waals surface area contributed by atoms with Gasteiger partial charge in [-0.1, -0.05) is 353 Å². The van der Waals surface area contributed by atoms with E-state index >= 15 is 0 Å². The number of amides is 1. The van der Waals surface area contributed by atoms with Crippen LogP contribution in [0.15, 0.2) is 24.3 Å². The fourth-order valence-corrected chi connectivity index (χ4v) is 10.7. The smallest absolute Gasteiger partial charge is 0.220 e. The van der Waals surface area contributed by atoms with Gasteiger partial charge in [-0.15, -0.1) is 0 Å². The lowest BCUT2D eigenvalue weighted by Gasteiger charge is -2.20. The van der Waals surface area contributed by atoms with E-state index in [1.807, 2.05) is 6.08 Å². The fraction of sp³-hybridized carbons (Fsp3) is 0.925. The van der Waals surface area contributed by atoms with Crippen molar-refractivity contribution in [2.24, 2.45) is 0 Å². The van der Waals surface area contributed by atoms with Crippen LogP contribution in [0.25, 0.3) is 0 Å². The molecule has 0 aliphatic carbocycles. The molecule has 0 bridgehead atoms. The Morgan fingerprint density at radius 3 is 0.775 bits per heavy atom. The summed E-state index contributed by atoms with van der Waals surface area (Å²) in [5.74, 6) is -0.0558. The molecule has 2 atom stereocenters. The van der Waals surface area contributed by atoms with Crippen molar-refractivity contribution in [1.82, 2.24) is 5.32 Å². The monoisotopic (exact) mass is 998 g/mol. The maximum absolute atomic E-state index is 12.5. The van der Waals surface area contributed by atoms with Crippen LogP contribution in [0.1, 0.15) is 380 Å². The minimum atomic E-state index is -0.838. The Labute approximate surface area is 447 Å². The summed E-state index contributed by atoms with van der Waals surface area (Å²) < 4.78 is 0. The number of unbranched alkanes of at least 4 members (excludes halogenated alkanes) is 53. The molecule has 0 saturated heterocycles. The molecular formula is C67H131NO3. The van der Waals surface area contributed by atoms with Crippen LogP contribution >= 0.6 is 0 Å². The van der Waals surface area contributed by atoms with E-state index in [0.29, 0.717) is 6.42 Å². The van der Waals surface area contributed by atoms with Gasteiger partial charge in [0.2, 0.25) is 5.91 Å². The zero-order chi connectivity index (χ0) is 51.3. The van der Waals surface area contributed by atoms with E-state index in [-0.39, 0.29) is 12.5 Å². The van der Waals surface area contributed by atoms with Crippen LogP contribution in [0.3, 0.4) is 0 Å². The second-order valence-corrected chi connectivity index (χ2v) is 22.9. The summed E-state index contributed by atoms with van der Waals surface area (Å²) >= 11 is 0. The van der Waals surface area contributed by atoms with Crippen LogP contribution in [0, 0.1) is 0 Å². The van der Waals surface area contributed by atoms with Gasteiger partial charge < -0.3 is 15.5 Å². The maximum atomic E-state index is 12.5. The summed E-state index contributed by atoms with van der Waals surface area (Å²) in [5, 5.41) is 23.3. The minimum Gasteiger partial charge on any atom is -0.394 e. The first-order valence-electron chi connectivity index (χ1n) is 33.1. The molecule has 4 heteroatoms. The molecule has 0 aromatic carbocycles. The Morgan fingerprint density at radius 2 is 0.535 bits per heavy atom. The Kier molecular flexibility index (Phi) is 62.2. The minimum absolute atomic E-state index is 0.0558. The number of aliphatic hydroxyl groups is 2. The van der Waals surface area contributed by atoms with Gasteiger partial charge in [-0.25, -0.2) is 0 Å². The second kappa shape index (κ2) is 63.2. The average molecular weight is 999 g/mol. The van der Waals surface area contributed by atoms with Crippen LogP contribution in [-0.2, 0) is 4.79 Å². The van der Waals surface area contributed by atoms with E-state index in [9.17, 15) is 15.0 Å². The molecule has 0 spiro atoms. The number of carbonyl (C=O) groups is 1. The van der Waals surface area contributed by atoms with Gasteiger partial charge in [0.05, 0.1) is 18.8 Å². The van der Waals surface area contributed by atoms with E-state index in [4.69, 9.17) is 0 Å². The first-order chi connectivity index (χ1) is 35.2. The maximum Gasteiger partial charge on any atom is 0.220 e. The molecule has 4 nitrogen and oxygen atoms in total. The van der Waals surface area contributed by atoms with Crippen molar-refractivity contribution >= 4 is 5.91 Å². The highest BCUT2D eigenvalue weighted by atomic mass is 16.3. The molecule has 3 N–H and O–H groups in total. The van der Waals surface area contributed by atoms with Gasteiger partial charge in [0.15, 0.2) is 0 Å². The molecular weight excluding hydrogens is 867 g/mol. The molecule has 0 aromatic heterocycles. The predicted octanol–water partition coefficient (Wildman–Crippen LogP) is 22.2. The average Bonchev–Trinajstić information content (AvgIpc) is 3.37. The van der Waals surface area contributed by atoms with Crippen LogP contribution < -0.4 is 5.32 Å². The van der Waals surface area contributed by atoms with Crippen LogP contribution in [-0.4, -0.2) is 34.9 Å². The lowest BCUT2D eigenvalue weighted by atomic mass is 10.0. The van der Waals surface area contributed by atoms with Gasteiger partial charge in [-0.3, -0.25) is 4.79 Å². The number of rotatable bonds is 62. The summed E-state index contributed by atoms with van der Waals surface area (Å²) in [6.45, 7) is 4.36. The summed E-state index contributed by atoms with van der Waals surface area (Å²) in [4.78, 5) is 12.5. The van der Waals surface area contributed by atoms with Crippen molar-refractivity contribution in [2.45, 2.75) is 392 Å². The Bertz CT molecular complexity index is 1040. The molecule has 0 aromatic rings. The van der Waals surface area contributed by atoms with Crippen molar-refractivity contribution < 1.29 is 15.0 Å². The number of nitrogens with one attached hydrogen (secondary N) is 1. The standard InChI is InChI=1S/C67H131NO3/c1-3-5-7-9-11-13-15-17-19-21-23-25-27-29-30-31-32-33-34-35-36-37-38-39-41-43-45-47-49-51-53-55-57-59-61-63-67(71)68-65(64-69)66(70)62-60-58-56-54-52-50-48-46-44-42-40-28-26-24-22-20-18-16-14-12-10-8-6-4-2/h31-32,60,62,65-66,69-70H,3-30,33-59,61,63-64H2,1-2H3,(H,68,71)/b32-31-,62-60+. The van der Waals surface area contributed by atoms with Gasteiger partial charge in [-0.05, 0) is 44.9 Å². The summed E-state index contributed by atoms with van der Waals surface area (Å²) in [6.07, 6.45) is 85.4. The number of hydrogen-bond donors (Lipinski definition) is 3. The third-order valence-corrected chi connectivity index (χ3v) is 15.7. The van der Waals surface area contributed by atoms with Crippen molar-refractivity contribution in [3.63, 3.8) is 0 Å². The molecule has 0 aliphatic heterocycles. The number of carbonyl (C=O) groups excluding carboxylic acids is 1. The Hall–Kier alpha value is -1.13. The van der Waals surface area contributed by atoms with Crippen LogP contribution in [0.5, 0.6) is 0 Å². The predicted molar refractivity (Wildman–Crippen MR) is 318 cm³/mol. The quantitative estimate of drug-likeness (QED) is 0.0420. The summed E-state index contributed by atoms with van der Waals surface area (Å²) in [5.41, 5.74) is 0. The molecule has 0 saturated carbocycles. The number of allylic oxidation sites excluding steroid dienone is 3. The summed E-state index contributed by atoms with van der Waals surface area (Å²) in [7, 11) is 0. The van der Waals surface area contributed by atoms with E-state index < -0.39 is 12.1 Å². The zero-order valence-electron chi connectivity index (χ0n) is 48.8. The molecule has 0 radical (unpaired) electrons. The number of aliphatic hydroxyl groups excluding tert-OH is 2. The molecule has 0 aliphatic rings. The normalized spacial score (nSPS) is 12.8. The second-order valence-electron chi connectivity index (χ2n) is 22.9. The molecule has 71 heavy (non-hydrogen) atoms. The van der Waals surface area contributed by atoms with Gasteiger partial charge >= 0.3 is 0 Å².